The molecule has 382 valence electrons. The Balaban J connectivity index is 4.79. The number of nitrogens with one attached hydrogen (secondary N) is 1. The van der Waals surface area contributed by atoms with E-state index in [0.29, 0.717) is 19.3 Å². The number of carbonyl (C=O) groups excluding carboxylic acids is 2. The van der Waals surface area contributed by atoms with Crippen LogP contribution in [0.25, 0.3) is 0 Å². The fraction of sp³-hybridized carbons (Fsp3) is 0.672. The second-order valence-corrected chi connectivity index (χ2v) is 18.2. The Morgan fingerprint density at radius 2 is 0.821 bits per heavy atom. The van der Waals surface area contributed by atoms with Crippen molar-refractivity contribution in [2.75, 3.05) is 6.61 Å². The molecule has 0 rings (SSSR count). The van der Waals surface area contributed by atoms with Gasteiger partial charge >= 0.3 is 5.97 Å². The van der Waals surface area contributed by atoms with Crippen LogP contribution in [0.5, 0.6) is 0 Å². The minimum atomic E-state index is -0.821. The van der Waals surface area contributed by atoms with E-state index in [2.05, 4.69) is 129 Å². The summed E-state index contributed by atoms with van der Waals surface area (Å²) in [4.78, 5) is 26.2. The monoisotopic (exact) mass is 930 g/mol. The molecule has 6 heteroatoms. The Labute approximate surface area is 413 Å². The highest BCUT2D eigenvalue weighted by molar-refractivity contribution is 5.77. The Morgan fingerprint density at radius 1 is 0.448 bits per heavy atom. The lowest BCUT2D eigenvalue weighted by molar-refractivity contribution is -0.150. The van der Waals surface area contributed by atoms with Crippen molar-refractivity contribution in [3.63, 3.8) is 0 Å². The Hall–Kier alpha value is -3.48. The summed E-state index contributed by atoms with van der Waals surface area (Å²) in [5.74, 6) is -0.633. The molecule has 0 aliphatic rings. The third-order valence-corrected chi connectivity index (χ3v) is 11.8. The minimum Gasteiger partial charge on any atom is -0.462 e. The van der Waals surface area contributed by atoms with Gasteiger partial charge in [0.05, 0.1) is 25.2 Å². The van der Waals surface area contributed by atoms with Crippen LogP contribution in [0.1, 0.15) is 239 Å². The summed E-state index contributed by atoms with van der Waals surface area (Å²) in [6.07, 6.45) is 73.0. The first-order valence-electron chi connectivity index (χ1n) is 27.6. The fourth-order valence-electron chi connectivity index (χ4n) is 7.70. The summed E-state index contributed by atoms with van der Waals surface area (Å²) < 4.78 is 5.88. The van der Waals surface area contributed by atoms with Gasteiger partial charge in [0.25, 0.3) is 0 Å². The number of hydrogen-bond donors (Lipinski definition) is 3. The second-order valence-electron chi connectivity index (χ2n) is 18.2. The fourth-order valence-corrected chi connectivity index (χ4v) is 7.70. The summed E-state index contributed by atoms with van der Waals surface area (Å²) in [5, 5.41) is 23.8. The second kappa shape index (κ2) is 53.5. The predicted molar refractivity (Wildman–Crippen MR) is 291 cm³/mol. The SMILES string of the molecule is CC/C=C/C/C=C/C/C=C/C/C=C/C/C=C/CCC(=O)OC(CCC/C=C\C/C=C\C/C=C\C/C=C\CCCCC)CC(=O)NC(CO)C(O)CCCCCCCCCCCCCCCCC. The molecule has 0 aromatic rings. The molecule has 0 saturated carbocycles. The van der Waals surface area contributed by atoms with Gasteiger partial charge in [0, 0.05) is 6.42 Å². The van der Waals surface area contributed by atoms with E-state index in [4.69, 9.17) is 4.74 Å². The van der Waals surface area contributed by atoms with Crippen LogP contribution in [0.3, 0.4) is 0 Å². The van der Waals surface area contributed by atoms with Gasteiger partial charge in [0.15, 0.2) is 0 Å². The molecular weight excluding hydrogens is 827 g/mol. The molecule has 0 spiro atoms. The summed E-state index contributed by atoms with van der Waals surface area (Å²) in [6, 6.07) is -0.741. The number of esters is 1. The lowest BCUT2D eigenvalue weighted by Gasteiger charge is -2.24. The van der Waals surface area contributed by atoms with Gasteiger partial charge in [-0.05, 0) is 96.3 Å². The highest BCUT2D eigenvalue weighted by Crippen LogP contribution is 2.16. The highest BCUT2D eigenvalue weighted by Gasteiger charge is 2.24. The van der Waals surface area contributed by atoms with Crippen molar-refractivity contribution in [2.45, 2.75) is 257 Å². The molecule has 0 heterocycles. The Kier molecular flexibility index (Phi) is 50.7. The predicted octanol–water partition coefficient (Wildman–Crippen LogP) is 17.1. The third kappa shape index (κ3) is 48.8. The molecular formula is C61H103NO5. The number of aliphatic hydroxyl groups is 2. The van der Waals surface area contributed by atoms with Crippen LogP contribution in [-0.2, 0) is 14.3 Å². The van der Waals surface area contributed by atoms with E-state index in [1.165, 1.54) is 103 Å². The molecule has 0 aliphatic heterocycles. The van der Waals surface area contributed by atoms with Crippen LogP contribution in [-0.4, -0.2) is 46.9 Å². The standard InChI is InChI=1S/C61H103NO5/c1-4-7-10-13-16-19-22-25-28-30-32-34-37-40-43-46-49-52-57(67-61(66)54-51-48-45-42-39-36-33-29-26-23-20-17-14-11-8-5-2)55-60(65)62-58(56-63)59(64)53-50-47-44-41-38-35-31-27-24-21-18-15-12-9-6-3/h8,11,16-17,19-20,25-26,28-29,32,34,36,39-40,43,45,48,57-59,63-64H,4-7,9-10,12-15,18,21-24,27,30-31,33,35,37-38,41-42,44,46-47,49-56H2,1-3H3,(H,62,65)/b11-8+,19-16-,20-17+,28-25-,29-26+,34-32-,39-36+,43-40-,48-45+. The topological polar surface area (TPSA) is 95.9 Å². The molecule has 67 heavy (non-hydrogen) atoms. The quantitative estimate of drug-likeness (QED) is 0.0321. The van der Waals surface area contributed by atoms with E-state index in [1.807, 2.05) is 6.08 Å². The summed E-state index contributed by atoms with van der Waals surface area (Å²) in [6.45, 7) is 6.31. The molecule has 3 unspecified atom stereocenters. The van der Waals surface area contributed by atoms with Gasteiger partial charge in [-0.1, -0.05) is 239 Å². The first-order chi connectivity index (χ1) is 33.0. The summed E-state index contributed by atoms with van der Waals surface area (Å²) in [7, 11) is 0. The molecule has 0 radical (unpaired) electrons. The van der Waals surface area contributed by atoms with Crippen LogP contribution < -0.4 is 5.32 Å². The molecule has 0 fully saturated rings. The first kappa shape index (κ1) is 63.5. The molecule has 3 N–H and O–H groups in total. The number of hydrogen-bond acceptors (Lipinski definition) is 5. The van der Waals surface area contributed by atoms with Crippen molar-refractivity contribution >= 4 is 11.9 Å². The molecule has 1 amide bonds. The Bertz CT molecular complexity index is 1370. The zero-order valence-electron chi connectivity index (χ0n) is 43.5. The van der Waals surface area contributed by atoms with Gasteiger partial charge in [-0.2, -0.15) is 0 Å². The van der Waals surface area contributed by atoms with Crippen LogP contribution in [0.2, 0.25) is 0 Å². The van der Waals surface area contributed by atoms with Gasteiger partial charge in [-0.25, -0.2) is 0 Å². The first-order valence-corrected chi connectivity index (χ1v) is 27.6. The zero-order chi connectivity index (χ0) is 48.8. The number of amides is 1. The van der Waals surface area contributed by atoms with Gasteiger partial charge in [-0.3, -0.25) is 9.59 Å². The zero-order valence-corrected chi connectivity index (χ0v) is 43.5. The molecule has 3 atom stereocenters. The van der Waals surface area contributed by atoms with Crippen molar-refractivity contribution in [2.24, 2.45) is 0 Å². The van der Waals surface area contributed by atoms with Crippen LogP contribution in [0, 0.1) is 0 Å². The number of ether oxygens (including phenoxy) is 1. The molecule has 0 aromatic heterocycles. The van der Waals surface area contributed by atoms with E-state index >= 15 is 0 Å². The molecule has 0 aliphatic carbocycles. The number of carbonyl (C=O) groups is 2. The van der Waals surface area contributed by atoms with E-state index in [0.717, 1.165) is 83.5 Å². The molecule has 0 bridgehead atoms. The number of allylic oxidation sites excluding steroid dienone is 18. The van der Waals surface area contributed by atoms with Crippen LogP contribution in [0.4, 0.5) is 0 Å². The summed E-state index contributed by atoms with van der Waals surface area (Å²) >= 11 is 0. The molecule has 6 nitrogen and oxygen atoms in total. The van der Waals surface area contributed by atoms with Gasteiger partial charge in [0.2, 0.25) is 5.91 Å². The van der Waals surface area contributed by atoms with Crippen molar-refractivity contribution in [3.8, 4) is 0 Å². The van der Waals surface area contributed by atoms with E-state index in [1.54, 1.807) is 0 Å². The van der Waals surface area contributed by atoms with Gasteiger partial charge in [-0.15, -0.1) is 0 Å². The van der Waals surface area contributed by atoms with Crippen LogP contribution in [0.15, 0.2) is 109 Å². The maximum Gasteiger partial charge on any atom is 0.306 e. The van der Waals surface area contributed by atoms with E-state index in [9.17, 15) is 19.8 Å². The average molecular weight is 930 g/mol. The molecule has 0 aromatic carbocycles. The third-order valence-electron chi connectivity index (χ3n) is 11.8. The smallest absolute Gasteiger partial charge is 0.306 e. The van der Waals surface area contributed by atoms with E-state index in [-0.39, 0.29) is 31.3 Å². The van der Waals surface area contributed by atoms with Crippen molar-refractivity contribution in [1.82, 2.24) is 5.32 Å². The maximum atomic E-state index is 13.2. The van der Waals surface area contributed by atoms with Gasteiger partial charge in [0.1, 0.15) is 6.10 Å². The van der Waals surface area contributed by atoms with Gasteiger partial charge < -0.3 is 20.3 Å². The molecule has 0 saturated heterocycles. The minimum absolute atomic E-state index is 0.00417. The number of rotatable bonds is 48. The number of aliphatic hydroxyl groups excluding tert-OH is 2. The van der Waals surface area contributed by atoms with Crippen molar-refractivity contribution < 1.29 is 24.5 Å². The lowest BCUT2D eigenvalue weighted by Crippen LogP contribution is -2.46. The summed E-state index contributed by atoms with van der Waals surface area (Å²) in [5.41, 5.74) is 0. The normalized spacial score (nSPS) is 14.0. The maximum absolute atomic E-state index is 13.2. The van der Waals surface area contributed by atoms with E-state index < -0.39 is 18.2 Å². The number of unbranched alkanes of at least 4 members (excludes halogenated alkanes) is 18. The van der Waals surface area contributed by atoms with Crippen molar-refractivity contribution in [3.05, 3.63) is 109 Å². The largest absolute Gasteiger partial charge is 0.462 e. The van der Waals surface area contributed by atoms with Crippen molar-refractivity contribution in [1.29, 1.82) is 0 Å². The van der Waals surface area contributed by atoms with Crippen LogP contribution >= 0.6 is 0 Å². The highest BCUT2D eigenvalue weighted by atomic mass is 16.5. The lowest BCUT2D eigenvalue weighted by atomic mass is 10.0. The average Bonchev–Trinajstić information content (AvgIpc) is 3.32. The Morgan fingerprint density at radius 3 is 1.25 bits per heavy atom.